The quantitative estimate of drug-likeness (QED) is 0.331. The van der Waals surface area contributed by atoms with Crippen LogP contribution in [0.5, 0.6) is 11.5 Å². The van der Waals surface area contributed by atoms with Crippen molar-refractivity contribution in [1.82, 2.24) is 4.90 Å². The highest BCUT2D eigenvalue weighted by Crippen LogP contribution is 2.51. The summed E-state index contributed by atoms with van der Waals surface area (Å²) in [6.45, 7) is 2.53. The van der Waals surface area contributed by atoms with Gasteiger partial charge in [-0.2, -0.15) is 0 Å². The third-order valence-electron chi connectivity index (χ3n) is 6.01. The van der Waals surface area contributed by atoms with Crippen molar-refractivity contribution in [3.63, 3.8) is 0 Å². The monoisotopic (exact) mass is 419 g/mol. The maximum absolute atomic E-state index is 6.46. The van der Waals surface area contributed by atoms with Crippen LogP contribution in [0.2, 0.25) is 0 Å². The minimum absolute atomic E-state index is 0.675. The first-order chi connectivity index (χ1) is 14.7. The Labute approximate surface area is 183 Å². The molecular weight excluding hydrogens is 390 g/mol. The van der Waals surface area contributed by atoms with Crippen molar-refractivity contribution < 1.29 is 9.47 Å². The Balaban J connectivity index is 1.50. The lowest BCUT2D eigenvalue weighted by molar-refractivity contribution is 0.115. The van der Waals surface area contributed by atoms with Crippen molar-refractivity contribution in [3.8, 4) is 33.1 Å². The zero-order valence-electron chi connectivity index (χ0n) is 17.9. The molecule has 0 amide bonds. The molecule has 0 N–H and O–H groups in total. The fourth-order valence-corrected chi connectivity index (χ4v) is 5.62. The second kappa shape index (κ2) is 8.54. The second-order valence-corrected chi connectivity index (χ2v) is 9.72. The van der Waals surface area contributed by atoms with Gasteiger partial charge in [0.15, 0.2) is 0 Å². The van der Waals surface area contributed by atoms with E-state index in [2.05, 4.69) is 61.5 Å². The summed E-state index contributed by atoms with van der Waals surface area (Å²) in [5.74, 6) is 1.95. The molecule has 0 atom stereocenters. The van der Waals surface area contributed by atoms with Crippen LogP contribution in [0.3, 0.4) is 0 Å². The van der Waals surface area contributed by atoms with E-state index in [-0.39, 0.29) is 0 Å². The van der Waals surface area contributed by atoms with Crippen molar-refractivity contribution >= 4 is 11.3 Å². The van der Waals surface area contributed by atoms with Crippen LogP contribution in [0.1, 0.15) is 35.3 Å². The molecule has 3 aromatic rings. The molecule has 2 aromatic carbocycles. The average molecular weight is 420 g/mol. The van der Waals surface area contributed by atoms with Gasteiger partial charge in [-0.3, -0.25) is 0 Å². The number of thiophene rings is 1. The van der Waals surface area contributed by atoms with E-state index in [0.29, 0.717) is 6.61 Å². The van der Waals surface area contributed by atoms with Crippen LogP contribution in [0, 0.1) is 0 Å². The third-order valence-corrected chi connectivity index (χ3v) is 7.15. The second-order valence-electron chi connectivity index (χ2n) is 8.59. The van der Waals surface area contributed by atoms with E-state index in [1.54, 1.807) is 0 Å². The fourth-order valence-electron chi connectivity index (χ4n) is 4.49. The Morgan fingerprint density at radius 2 is 1.73 bits per heavy atom. The van der Waals surface area contributed by atoms with Crippen LogP contribution in [-0.4, -0.2) is 32.1 Å². The lowest BCUT2D eigenvalue weighted by Crippen LogP contribution is -2.14. The summed E-state index contributed by atoms with van der Waals surface area (Å²) < 4.78 is 12.5. The summed E-state index contributed by atoms with van der Waals surface area (Å²) in [7, 11) is 4.21. The predicted octanol–water partition coefficient (Wildman–Crippen LogP) is 6.53. The summed E-state index contributed by atoms with van der Waals surface area (Å²) in [6, 6.07) is 15.4. The Morgan fingerprint density at radius 1 is 0.933 bits per heavy atom. The van der Waals surface area contributed by atoms with Gasteiger partial charge in [-0.25, -0.2) is 0 Å². The largest absolute Gasteiger partial charge is 0.456 e. The van der Waals surface area contributed by atoms with Gasteiger partial charge in [-0.1, -0.05) is 18.2 Å². The van der Waals surface area contributed by atoms with Crippen molar-refractivity contribution in [2.75, 3.05) is 27.2 Å². The molecule has 30 heavy (non-hydrogen) atoms. The number of hydrogen-bond acceptors (Lipinski definition) is 4. The minimum Gasteiger partial charge on any atom is -0.456 e. The lowest BCUT2D eigenvalue weighted by atomic mass is 9.89. The normalized spacial score (nSPS) is 14.4. The number of hydrogen-bond donors (Lipinski definition) is 0. The predicted molar refractivity (Wildman–Crippen MR) is 125 cm³/mol. The van der Waals surface area contributed by atoms with Gasteiger partial charge >= 0.3 is 0 Å². The zero-order valence-corrected chi connectivity index (χ0v) is 18.7. The van der Waals surface area contributed by atoms with Gasteiger partial charge in [0.25, 0.3) is 0 Å². The van der Waals surface area contributed by atoms with E-state index in [4.69, 9.17) is 9.47 Å². The minimum atomic E-state index is 0.675. The Morgan fingerprint density at radius 3 is 2.57 bits per heavy atom. The smallest absolute Gasteiger partial charge is 0.136 e. The molecule has 4 heteroatoms. The molecular formula is C26H29NO2S. The van der Waals surface area contributed by atoms with E-state index in [0.717, 1.165) is 37.5 Å². The fraction of sp³-hybridized carbons (Fsp3) is 0.385. The summed E-state index contributed by atoms with van der Waals surface area (Å²) in [6.07, 6.45) is 5.97. The molecule has 3 nitrogen and oxygen atoms in total. The molecule has 0 radical (unpaired) electrons. The number of nitrogens with zero attached hydrogens (tertiary/aromatic N) is 1. The van der Waals surface area contributed by atoms with E-state index in [1.807, 2.05) is 11.3 Å². The van der Waals surface area contributed by atoms with Crippen LogP contribution >= 0.6 is 11.3 Å². The molecule has 1 aliphatic heterocycles. The summed E-state index contributed by atoms with van der Waals surface area (Å²) >= 11 is 1.85. The van der Waals surface area contributed by atoms with E-state index < -0.39 is 0 Å². The van der Waals surface area contributed by atoms with E-state index >= 15 is 0 Å². The first kappa shape index (κ1) is 19.8. The number of ether oxygens (including phenoxy) is 2. The van der Waals surface area contributed by atoms with Gasteiger partial charge in [0.2, 0.25) is 0 Å². The van der Waals surface area contributed by atoms with Crippen LogP contribution < -0.4 is 4.74 Å². The number of benzene rings is 2. The zero-order chi connectivity index (χ0) is 20.5. The van der Waals surface area contributed by atoms with E-state index in [9.17, 15) is 0 Å². The summed E-state index contributed by atoms with van der Waals surface area (Å²) in [5.41, 5.74) is 6.65. The first-order valence-electron chi connectivity index (χ1n) is 11.0. The van der Waals surface area contributed by atoms with Crippen molar-refractivity contribution in [2.45, 2.75) is 38.7 Å². The average Bonchev–Trinajstić information content (AvgIpc) is 3.12. The molecule has 156 valence electrons. The highest BCUT2D eigenvalue weighted by molar-refractivity contribution is 7.16. The van der Waals surface area contributed by atoms with Crippen LogP contribution in [0.15, 0.2) is 42.5 Å². The molecule has 1 aliphatic carbocycles. The highest BCUT2D eigenvalue weighted by Gasteiger charge is 2.25. The molecule has 0 unspecified atom stereocenters. The molecule has 0 bridgehead atoms. The maximum Gasteiger partial charge on any atom is 0.136 e. The number of aryl methyl sites for hydroxylation is 2. The number of para-hydroxylation sites is 1. The standard InChI is InChI=1S/C26H29NO2S/c1-27(2)12-7-13-28-17-20-16-22-21-10-5-6-11-24(21)29-25-15-19-9-4-3-8-18(19)14-23(25)26(22)30-20/h5-6,10-11,14-16H,3-4,7-9,12-13,17H2,1-2H3. The van der Waals surface area contributed by atoms with Crippen LogP contribution in [-0.2, 0) is 24.2 Å². The number of rotatable bonds is 6. The molecule has 5 rings (SSSR count). The highest BCUT2D eigenvalue weighted by atomic mass is 32.1. The first-order valence-corrected chi connectivity index (χ1v) is 11.8. The van der Waals surface area contributed by atoms with Crippen LogP contribution in [0.4, 0.5) is 0 Å². The summed E-state index contributed by atoms with van der Waals surface area (Å²) in [5, 5.41) is 0. The third kappa shape index (κ3) is 3.92. The Bertz CT molecular complexity index is 1050. The van der Waals surface area contributed by atoms with Gasteiger partial charge in [0.05, 0.1) is 6.61 Å². The Kier molecular flexibility index (Phi) is 5.64. The molecule has 0 saturated carbocycles. The van der Waals surface area contributed by atoms with E-state index in [1.165, 1.54) is 56.8 Å². The lowest BCUT2D eigenvalue weighted by Gasteiger charge is -2.19. The van der Waals surface area contributed by atoms with Crippen molar-refractivity contribution in [1.29, 1.82) is 0 Å². The molecule has 0 spiro atoms. The molecule has 2 aliphatic rings. The van der Waals surface area contributed by atoms with Crippen molar-refractivity contribution in [2.24, 2.45) is 0 Å². The molecule has 0 fully saturated rings. The van der Waals surface area contributed by atoms with Gasteiger partial charge < -0.3 is 14.4 Å². The molecule has 2 heterocycles. The Hall–Kier alpha value is -2.14. The number of fused-ring (bicyclic) bond motifs is 6. The van der Waals surface area contributed by atoms with Crippen molar-refractivity contribution in [3.05, 3.63) is 58.5 Å². The summed E-state index contributed by atoms with van der Waals surface area (Å²) in [4.78, 5) is 4.80. The van der Waals surface area contributed by atoms with Gasteiger partial charge in [0, 0.05) is 33.1 Å². The van der Waals surface area contributed by atoms with Gasteiger partial charge in [-0.15, -0.1) is 11.3 Å². The van der Waals surface area contributed by atoms with Gasteiger partial charge in [0.1, 0.15) is 11.5 Å². The van der Waals surface area contributed by atoms with Gasteiger partial charge in [-0.05, 0) is 88.1 Å². The topological polar surface area (TPSA) is 21.7 Å². The maximum atomic E-state index is 6.46. The van der Waals surface area contributed by atoms with Crippen LogP contribution in [0.25, 0.3) is 21.6 Å². The SMILES string of the molecule is CN(C)CCCOCc1cc2c(s1)-c1cc3c(cc1Oc1ccccc1-2)CCCC3. The molecule has 0 saturated heterocycles. The molecule has 1 aromatic heterocycles.